The summed E-state index contributed by atoms with van der Waals surface area (Å²) in [6, 6.07) is 2.88. The van der Waals surface area contributed by atoms with Crippen LogP contribution in [-0.4, -0.2) is 37.1 Å². The van der Waals surface area contributed by atoms with Gasteiger partial charge in [-0.3, -0.25) is 0 Å². The van der Waals surface area contributed by atoms with Gasteiger partial charge in [-0.15, -0.1) is 0 Å². The highest BCUT2D eigenvalue weighted by Gasteiger charge is 2.24. The van der Waals surface area contributed by atoms with E-state index in [1.54, 1.807) is 0 Å². The number of hydrogen-bond donors (Lipinski definition) is 1. The molecule has 0 amide bonds. The highest BCUT2D eigenvalue weighted by molar-refractivity contribution is 4.82. The van der Waals surface area contributed by atoms with E-state index in [1.165, 1.54) is 26.1 Å². The number of rotatable bonds is 6. The monoisotopic (exact) mass is 223 g/mol. The summed E-state index contributed by atoms with van der Waals surface area (Å²) in [5, 5.41) is 12.1. The van der Waals surface area contributed by atoms with Crippen molar-refractivity contribution >= 4 is 0 Å². The maximum absolute atomic E-state index is 8.44. The van der Waals surface area contributed by atoms with Gasteiger partial charge in [-0.05, 0) is 44.8 Å². The van der Waals surface area contributed by atoms with E-state index >= 15 is 0 Å². The Hall–Kier alpha value is -0.590. The molecule has 3 nitrogen and oxygen atoms in total. The molecule has 0 aliphatic carbocycles. The first-order valence-corrected chi connectivity index (χ1v) is 6.60. The maximum atomic E-state index is 8.44. The fourth-order valence-electron chi connectivity index (χ4n) is 2.44. The minimum atomic E-state index is 0.685. The van der Waals surface area contributed by atoms with Crippen LogP contribution in [0.1, 0.15) is 39.5 Å². The zero-order chi connectivity index (χ0) is 11.8. The Morgan fingerprint density at radius 2 is 2.25 bits per heavy atom. The van der Waals surface area contributed by atoms with Gasteiger partial charge in [-0.1, -0.05) is 13.8 Å². The minimum Gasteiger partial charge on any atom is -0.314 e. The van der Waals surface area contributed by atoms with Gasteiger partial charge in [0.1, 0.15) is 0 Å². The SMILES string of the molecule is CCN1CC[C@H](NCCCCC#N)[C@@H](C)C1. The van der Waals surface area contributed by atoms with Crippen molar-refractivity contribution in [3.05, 3.63) is 0 Å². The number of likely N-dealkylation sites (tertiary alicyclic amines) is 1. The zero-order valence-electron chi connectivity index (χ0n) is 10.7. The Balaban J connectivity index is 2.11. The molecular weight excluding hydrogens is 198 g/mol. The van der Waals surface area contributed by atoms with Gasteiger partial charge in [0.25, 0.3) is 0 Å². The first kappa shape index (κ1) is 13.5. The Kier molecular flexibility index (Phi) is 6.44. The summed E-state index contributed by atoms with van der Waals surface area (Å²) in [7, 11) is 0. The van der Waals surface area contributed by atoms with Gasteiger partial charge in [0.05, 0.1) is 6.07 Å². The minimum absolute atomic E-state index is 0.685. The smallest absolute Gasteiger partial charge is 0.0621 e. The average molecular weight is 223 g/mol. The highest BCUT2D eigenvalue weighted by Crippen LogP contribution is 2.16. The lowest BCUT2D eigenvalue weighted by Gasteiger charge is -2.36. The fourth-order valence-corrected chi connectivity index (χ4v) is 2.44. The average Bonchev–Trinajstić information content (AvgIpc) is 2.30. The molecule has 0 bridgehead atoms. The molecule has 0 spiro atoms. The number of piperidine rings is 1. The molecular formula is C13H25N3. The largest absolute Gasteiger partial charge is 0.314 e. The van der Waals surface area contributed by atoms with Gasteiger partial charge in [-0.25, -0.2) is 0 Å². The van der Waals surface area contributed by atoms with Crippen molar-refractivity contribution in [3.63, 3.8) is 0 Å². The molecule has 0 aromatic carbocycles. The Labute approximate surface area is 99.8 Å². The third-order valence-electron chi connectivity index (χ3n) is 3.56. The van der Waals surface area contributed by atoms with Crippen LogP contribution in [0.4, 0.5) is 0 Å². The van der Waals surface area contributed by atoms with Crippen molar-refractivity contribution in [1.29, 1.82) is 5.26 Å². The second kappa shape index (κ2) is 7.65. The standard InChI is InChI=1S/C13H25N3/c1-3-16-10-7-13(12(2)11-16)15-9-6-4-5-8-14/h12-13,15H,3-7,9-11H2,1-2H3/t12-,13-/m0/s1. The summed E-state index contributed by atoms with van der Waals surface area (Å²) in [5.74, 6) is 0.754. The molecule has 1 aliphatic heterocycles. The zero-order valence-corrected chi connectivity index (χ0v) is 10.7. The molecule has 2 atom stereocenters. The van der Waals surface area contributed by atoms with Crippen LogP contribution in [0.25, 0.3) is 0 Å². The van der Waals surface area contributed by atoms with Crippen molar-refractivity contribution in [2.24, 2.45) is 5.92 Å². The summed E-state index contributed by atoms with van der Waals surface area (Å²) in [5.41, 5.74) is 0. The molecule has 0 unspecified atom stereocenters. The molecule has 0 saturated carbocycles. The van der Waals surface area contributed by atoms with Gasteiger partial charge in [0, 0.05) is 19.0 Å². The lowest BCUT2D eigenvalue weighted by atomic mass is 9.94. The second-order valence-electron chi connectivity index (χ2n) is 4.84. The molecule has 1 aliphatic rings. The molecule has 0 radical (unpaired) electrons. The van der Waals surface area contributed by atoms with Crippen LogP contribution in [0, 0.1) is 17.2 Å². The van der Waals surface area contributed by atoms with Gasteiger partial charge in [0.15, 0.2) is 0 Å². The normalized spacial score (nSPS) is 26.6. The summed E-state index contributed by atoms with van der Waals surface area (Å²) < 4.78 is 0. The van der Waals surface area contributed by atoms with Gasteiger partial charge in [-0.2, -0.15) is 5.26 Å². The van der Waals surface area contributed by atoms with E-state index < -0.39 is 0 Å². The molecule has 0 aromatic heterocycles. The first-order chi connectivity index (χ1) is 7.77. The molecule has 92 valence electrons. The lowest BCUT2D eigenvalue weighted by Crippen LogP contribution is -2.48. The van der Waals surface area contributed by atoms with Gasteiger partial charge < -0.3 is 10.2 Å². The predicted octanol–water partition coefficient (Wildman–Crippen LogP) is 2.00. The van der Waals surface area contributed by atoms with Crippen LogP contribution < -0.4 is 5.32 Å². The number of nitriles is 1. The maximum Gasteiger partial charge on any atom is 0.0621 e. The van der Waals surface area contributed by atoms with Crippen LogP contribution in [0.3, 0.4) is 0 Å². The summed E-state index contributed by atoms with van der Waals surface area (Å²) in [6.07, 6.45) is 4.14. The number of unbranched alkanes of at least 4 members (excludes halogenated alkanes) is 2. The molecule has 1 N–H and O–H groups in total. The van der Waals surface area contributed by atoms with E-state index in [9.17, 15) is 0 Å². The van der Waals surface area contributed by atoms with Crippen molar-refractivity contribution in [3.8, 4) is 6.07 Å². The topological polar surface area (TPSA) is 39.1 Å². The van der Waals surface area contributed by atoms with Crippen molar-refractivity contribution < 1.29 is 0 Å². The summed E-state index contributed by atoms with van der Waals surface area (Å²) in [4.78, 5) is 2.53. The van der Waals surface area contributed by atoms with Crippen LogP contribution in [0.15, 0.2) is 0 Å². The summed E-state index contributed by atoms with van der Waals surface area (Å²) in [6.45, 7) is 9.29. The fraction of sp³-hybridized carbons (Fsp3) is 0.923. The summed E-state index contributed by atoms with van der Waals surface area (Å²) >= 11 is 0. The Bertz CT molecular complexity index is 222. The van der Waals surface area contributed by atoms with Crippen LogP contribution in [0.5, 0.6) is 0 Å². The molecule has 3 heteroatoms. The van der Waals surface area contributed by atoms with E-state index in [-0.39, 0.29) is 0 Å². The van der Waals surface area contributed by atoms with E-state index in [4.69, 9.17) is 5.26 Å². The second-order valence-corrected chi connectivity index (χ2v) is 4.84. The number of hydrogen-bond acceptors (Lipinski definition) is 3. The molecule has 1 rings (SSSR count). The van der Waals surface area contributed by atoms with Gasteiger partial charge in [0.2, 0.25) is 0 Å². The number of nitrogens with one attached hydrogen (secondary N) is 1. The molecule has 16 heavy (non-hydrogen) atoms. The Morgan fingerprint density at radius 3 is 2.88 bits per heavy atom. The predicted molar refractivity (Wildman–Crippen MR) is 67.1 cm³/mol. The van der Waals surface area contributed by atoms with E-state index in [1.807, 2.05) is 0 Å². The number of nitrogens with zero attached hydrogens (tertiary/aromatic N) is 2. The van der Waals surface area contributed by atoms with E-state index in [0.29, 0.717) is 12.5 Å². The molecule has 1 saturated heterocycles. The van der Waals surface area contributed by atoms with E-state index in [0.717, 1.165) is 25.3 Å². The van der Waals surface area contributed by atoms with Gasteiger partial charge >= 0.3 is 0 Å². The molecule has 0 aromatic rings. The van der Waals surface area contributed by atoms with E-state index in [2.05, 4.69) is 30.1 Å². The molecule has 1 heterocycles. The highest BCUT2D eigenvalue weighted by atomic mass is 15.1. The third kappa shape index (κ3) is 4.51. The quantitative estimate of drug-likeness (QED) is 0.700. The van der Waals surface area contributed by atoms with Crippen LogP contribution in [0.2, 0.25) is 0 Å². The Morgan fingerprint density at radius 1 is 1.44 bits per heavy atom. The van der Waals surface area contributed by atoms with Crippen molar-refractivity contribution in [2.75, 3.05) is 26.2 Å². The third-order valence-corrected chi connectivity index (χ3v) is 3.56. The van der Waals surface area contributed by atoms with Crippen LogP contribution in [-0.2, 0) is 0 Å². The van der Waals surface area contributed by atoms with Crippen LogP contribution >= 0.6 is 0 Å². The van der Waals surface area contributed by atoms with Crippen molar-refractivity contribution in [2.45, 2.75) is 45.6 Å². The lowest BCUT2D eigenvalue weighted by molar-refractivity contribution is 0.153. The van der Waals surface area contributed by atoms with Crippen molar-refractivity contribution in [1.82, 2.24) is 10.2 Å². The first-order valence-electron chi connectivity index (χ1n) is 6.60. The molecule has 1 fully saturated rings.